The lowest BCUT2D eigenvalue weighted by molar-refractivity contribution is -0.119. The number of hydrogen-bond donors (Lipinski definition) is 3. The van der Waals surface area contributed by atoms with E-state index in [1.807, 2.05) is 24.3 Å². The third kappa shape index (κ3) is 5.49. The standard InChI is InChI=1S/C30H29ClN6O4/c1-35-11-13-37(14-12-35)17-26(38)36(2)21-7-5-20(6-8-21)32-28(18-3-10-25-24(15-18)34-30(40)41-25)27-22-9-4-19(31)16-23(22)33-29(27)39/h3-10,15-16,32H,11-14,17H2,1-2H3,(H,33,39)(H,34,40)/b28-27-. The predicted molar refractivity (Wildman–Crippen MR) is 161 cm³/mol. The van der Waals surface area contributed by atoms with Gasteiger partial charge in [-0.05, 0) is 61.6 Å². The Bertz CT molecular complexity index is 1730. The molecule has 2 aliphatic rings. The topological polar surface area (TPSA) is 114 Å². The van der Waals surface area contributed by atoms with Gasteiger partial charge in [-0.2, -0.15) is 0 Å². The number of aromatic amines is 1. The van der Waals surface area contributed by atoms with Gasteiger partial charge in [0.1, 0.15) is 0 Å². The Labute approximate surface area is 241 Å². The second-order valence-corrected chi connectivity index (χ2v) is 10.8. The van der Waals surface area contributed by atoms with Gasteiger partial charge in [0.05, 0.1) is 29.0 Å². The number of H-pyrrole nitrogens is 1. The summed E-state index contributed by atoms with van der Waals surface area (Å²) in [4.78, 5) is 46.7. The number of carbonyl (C=O) groups is 2. The Balaban J connectivity index is 1.30. The van der Waals surface area contributed by atoms with Crippen molar-refractivity contribution in [2.24, 2.45) is 0 Å². The Kier molecular flexibility index (Phi) is 7.12. The van der Waals surface area contributed by atoms with Gasteiger partial charge in [-0.25, -0.2) is 4.79 Å². The molecule has 11 heteroatoms. The number of oxazole rings is 1. The Hall–Kier alpha value is -4.38. The molecule has 41 heavy (non-hydrogen) atoms. The number of amides is 2. The average Bonchev–Trinajstić information content (AvgIpc) is 3.49. The lowest BCUT2D eigenvalue weighted by Crippen LogP contribution is -2.48. The number of anilines is 3. The predicted octanol–water partition coefficient (Wildman–Crippen LogP) is 3.92. The van der Waals surface area contributed by atoms with Gasteiger partial charge < -0.3 is 24.9 Å². The van der Waals surface area contributed by atoms with E-state index < -0.39 is 5.76 Å². The lowest BCUT2D eigenvalue weighted by Gasteiger charge is -2.32. The van der Waals surface area contributed by atoms with Crippen molar-refractivity contribution >= 4 is 62.8 Å². The molecule has 1 saturated heterocycles. The van der Waals surface area contributed by atoms with Gasteiger partial charge in [0.2, 0.25) is 5.91 Å². The van der Waals surface area contributed by atoms with Crippen LogP contribution in [0.5, 0.6) is 0 Å². The molecule has 0 bridgehead atoms. The molecule has 2 aliphatic heterocycles. The van der Waals surface area contributed by atoms with E-state index in [2.05, 4.69) is 32.5 Å². The number of aromatic nitrogens is 1. The van der Waals surface area contributed by atoms with Crippen molar-refractivity contribution in [3.63, 3.8) is 0 Å². The Morgan fingerprint density at radius 3 is 2.54 bits per heavy atom. The van der Waals surface area contributed by atoms with Gasteiger partial charge in [-0.15, -0.1) is 0 Å². The van der Waals surface area contributed by atoms with E-state index >= 15 is 0 Å². The molecule has 0 saturated carbocycles. The number of nitrogens with zero attached hydrogens (tertiary/aromatic N) is 3. The number of piperazine rings is 1. The summed E-state index contributed by atoms with van der Waals surface area (Å²) in [5.74, 6) is -0.811. The highest BCUT2D eigenvalue weighted by atomic mass is 35.5. The maximum Gasteiger partial charge on any atom is 0.417 e. The largest absolute Gasteiger partial charge is 0.417 e. The fourth-order valence-electron chi connectivity index (χ4n) is 5.14. The molecule has 0 atom stereocenters. The first kappa shape index (κ1) is 26.8. The fourth-order valence-corrected chi connectivity index (χ4v) is 5.31. The van der Waals surface area contributed by atoms with Crippen molar-refractivity contribution in [1.29, 1.82) is 0 Å². The van der Waals surface area contributed by atoms with Crippen LogP contribution in [-0.2, 0) is 9.59 Å². The molecule has 3 N–H and O–H groups in total. The normalized spacial score (nSPS) is 16.9. The van der Waals surface area contributed by atoms with Crippen molar-refractivity contribution in [1.82, 2.24) is 14.8 Å². The number of fused-ring (bicyclic) bond motifs is 2. The number of halogens is 1. The minimum absolute atomic E-state index is 0.0263. The highest BCUT2D eigenvalue weighted by molar-refractivity contribution is 6.38. The third-order valence-corrected chi connectivity index (χ3v) is 7.77. The molecular weight excluding hydrogens is 544 g/mol. The molecule has 10 nitrogen and oxygen atoms in total. The molecule has 1 fully saturated rings. The second kappa shape index (κ2) is 10.9. The van der Waals surface area contributed by atoms with Gasteiger partial charge in [0, 0.05) is 60.8 Å². The average molecular weight is 573 g/mol. The highest BCUT2D eigenvalue weighted by Crippen LogP contribution is 2.39. The molecule has 3 aromatic carbocycles. The van der Waals surface area contributed by atoms with Crippen LogP contribution in [0.2, 0.25) is 5.02 Å². The van der Waals surface area contributed by atoms with Gasteiger partial charge in [0.25, 0.3) is 5.91 Å². The summed E-state index contributed by atoms with van der Waals surface area (Å²) in [6.45, 7) is 4.02. The summed E-state index contributed by atoms with van der Waals surface area (Å²) in [6.07, 6.45) is 0. The molecule has 3 heterocycles. The van der Waals surface area contributed by atoms with Crippen molar-refractivity contribution in [2.45, 2.75) is 0 Å². The minimum atomic E-state index is -0.556. The maximum absolute atomic E-state index is 13.2. The molecule has 4 aromatic rings. The molecule has 0 aliphatic carbocycles. The van der Waals surface area contributed by atoms with Crippen LogP contribution in [0.25, 0.3) is 22.4 Å². The molecule has 210 valence electrons. The molecule has 2 amide bonds. The molecule has 6 rings (SSSR count). The van der Waals surface area contributed by atoms with Crippen LogP contribution in [0.1, 0.15) is 11.1 Å². The van der Waals surface area contributed by atoms with Gasteiger partial charge >= 0.3 is 5.76 Å². The number of hydrogen-bond acceptors (Lipinski definition) is 7. The molecule has 0 radical (unpaired) electrons. The maximum atomic E-state index is 13.2. The van der Waals surface area contributed by atoms with E-state index in [0.717, 1.165) is 31.9 Å². The summed E-state index contributed by atoms with van der Waals surface area (Å²) >= 11 is 6.18. The first-order chi connectivity index (χ1) is 19.7. The molecule has 0 unspecified atom stereocenters. The van der Waals surface area contributed by atoms with Crippen molar-refractivity contribution < 1.29 is 14.0 Å². The van der Waals surface area contributed by atoms with E-state index in [9.17, 15) is 14.4 Å². The van der Waals surface area contributed by atoms with E-state index in [0.29, 0.717) is 56.4 Å². The van der Waals surface area contributed by atoms with Crippen LogP contribution >= 0.6 is 11.6 Å². The lowest BCUT2D eigenvalue weighted by atomic mass is 9.99. The van der Waals surface area contributed by atoms with Crippen molar-refractivity contribution in [3.05, 3.63) is 87.4 Å². The first-order valence-electron chi connectivity index (χ1n) is 13.3. The van der Waals surface area contributed by atoms with Gasteiger partial charge in [-0.3, -0.25) is 19.5 Å². The SMILES string of the molecule is CN1CCN(CC(=O)N(C)c2ccc(N/C(=C3\C(=O)Nc4cc(Cl)ccc43)c3ccc4oc(=O)[nH]c4c3)cc2)CC1. The number of rotatable bonds is 6. The van der Waals surface area contributed by atoms with Crippen molar-refractivity contribution in [3.8, 4) is 0 Å². The number of nitrogens with one attached hydrogen (secondary N) is 3. The van der Waals surface area contributed by atoms with Crippen LogP contribution in [0.15, 0.2) is 69.9 Å². The molecular formula is C30H29ClN6O4. The summed E-state index contributed by atoms with van der Waals surface area (Å²) in [5, 5.41) is 6.81. The van der Waals surface area contributed by atoms with Crippen molar-refractivity contribution in [2.75, 3.05) is 62.4 Å². The summed E-state index contributed by atoms with van der Waals surface area (Å²) in [5.41, 5.74) is 5.37. The van der Waals surface area contributed by atoms with Gasteiger partial charge in [0.15, 0.2) is 5.58 Å². The summed E-state index contributed by atoms with van der Waals surface area (Å²) < 4.78 is 5.17. The first-order valence-corrected chi connectivity index (χ1v) is 13.7. The molecule has 0 spiro atoms. The van der Waals surface area contributed by atoms with E-state index in [1.54, 1.807) is 48.3 Å². The number of benzene rings is 3. The van der Waals surface area contributed by atoms with Crippen LogP contribution in [-0.4, -0.2) is 73.4 Å². The summed E-state index contributed by atoms with van der Waals surface area (Å²) in [6, 6.07) is 17.9. The van der Waals surface area contributed by atoms with Crippen LogP contribution < -0.4 is 21.3 Å². The van der Waals surface area contributed by atoms with Crippen LogP contribution in [0.4, 0.5) is 17.1 Å². The number of likely N-dealkylation sites (N-methyl/N-ethyl adjacent to an activating group) is 2. The zero-order valence-corrected chi connectivity index (χ0v) is 23.4. The Morgan fingerprint density at radius 1 is 1.02 bits per heavy atom. The zero-order chi connectivity index (χ0) is 28.7. The number of carbonyl (C=O) groups excluding carboxylic acids is 2. The van der Waals surface area contributed by atoms with Gasteiger partial charge in [-0.1, -0.05) is 17.7 Å². The third-order valence-electron chi connectivity index (χ3n) is 7.54. The second-order valence-electron chi connectivity index (χ2n) is 10.3. The highest BCUT2D eigenvalue weighted by Gasteiger charge is 2.29. The summed E-state index contributed by atoms with van der Waals surface area (Å²) in [7, 11) is 3.87. The van der Waals surface area contributed by atoms with E-state index in [1.165, 1.54) is 0 Å². The quantitative estimate of drug-likeness (QED) is 0.300. The monoisotopic (exact) mass is 572 g/mol. The molecule has 1 aromatic heterocycles. The fraction of sp³-hybridized carbons (Fsp3) is 0.233. The van der Waals surface area contributed by atoms with Crippen LogP contribution in [0.3, 0.4) is 0 Å². The minimum Gasteiger partial charge on any atom is -0.408 e. The van der Waals surface area contributed by atoms with E-state index in [4.69, 9.17) is 16.0 Å². The van der Waals surface area contributed by atoms with Crippen LogP contribution in [0, 0.1) is 0 Å². The Morgan fingerprint density at radius 2 is 1.78 bits per heavy atom. The smallest absolute Gasteiger partial charge is 0.408 e. The zero-order valence-electron chi connectivity index (χ0n) is 22.7. The van der Waals surface area contributed by atoms with E-state index in [-0.39, 0.29) is 11.8 Å².